The highest BCUT2D eigenvalue weighted by Crippen LogP contribution is 2.37. The van der Waals surface area contributed by atoms with Gasteiger partial charge in [0.05, 0.1) is 35.1 Å². The maximum absolute atomic E-state index is 14.3. The first-order valence-corrected chi connectivity index (χ1v) is 17.8. The van der Waals surface area contributed by atoms with E-state index < -0.39 is 12.0 Å². The fourth-order valence-electron chi connectivity index (χ4n) is 5.54. The van der Waals surface area contributed by atoms with Crippen LogP contribution in [-0.2, 0) is 22.6 Å². The van der Waals surface area contributed by atoms with Crippen molar-refractivity contribution in [3.8, 4) is 17.2 Å². The van der Waals surface area contributed by atoms with Crippen molar-refractivity contribution in [2.45, 2.75) is 59.8 Å². The van der Waals surface area contributed by atoms with Crippen LogP contribution in [0.4, 0.5) is 0 Å². The summed E-state index contributed by atoms with van der Waals surface area (Å²) in [6.45, 7) is 14.3. The van der Waals surface area contributed by atoms with Gasteiger partial charge in [-0.05, 0) is 111 Å². The molecule has 1 aliphatic rings. The highest BCUT2D eigenvalue weighted by molar-refractivity contribution is 14.1. The Morgan fingerprint density at radius 3 is 2.50 bits per heavy atom. The molecule has 8 nitrogen and oxygen atoms in total. The molecule has 0 N–H and O–H groups in total. The average Bonchev–Trinajstić information content (AvgIpc) is 3.35. The van der Waals surface area contributed by atoms with E-state index in [4.69, 9.17) is 23.9 Å². The first-order valence-electron chi connectivity index (χ1n) is 15.9. The number of aromatic nitrogens is 1. The molecule has 0 unspecified atom stereocenters. The molecule has 10 heteroatoms. The van der Waals surface area contributed by atoms with Gasteiger partial charge in [0.1, 0.15) is 18.4 Å². The van der Waals surface area contributed by atoms with E-state index in [1.54, 1.807) is 18.4 Å². The number of carbonyl (C=O) groups is 1. The number of nitrogens with zero attached hydrogens (tertiary/aromatic N) is 2. The van der Waals surface area contributed by atoms with Crippen molar-refractivity contribution in [1.29, 1.82) is 0 Å². The fourth-order valence-corrected chi connectivity index (χ4v) is 6.95. The molecule has 0 saturated heterocycles. The predicted octanol–water partition coefficient (Wildman–Crippen LogP) is 6.90. The lowest BCUT2D eigenvalue weighted by molar-refractivity contribution is -0.139. The zero-order chi connectivity index (χ0) is 34.4. The quantitative estimate of drug-likeness (QED) is 0.0835. The first kappa shape index (κ1) is 35.2. The molecule has 1 aromatic heterocycles. The average molecular weight is 779 g/mol. The van der Waals surface area contributed by atoms with Gasteiger partial charge in [-0.3, -0.25) is 9.36 Å². The van der Waals surface area contributed by atoms with E-state index in [-0.39, 0.29) is 18.3 Å². The van der Waals surface area contributed by atoms with E-state index in [2.05, 4.69) is 29.2 Å². The Bertz CT molecular complexity index is 2030. The Kier molecular flexibility index (Phi) is 11.6. The number of hydrogen-bond donors (Lipinski definition) is 0. The van der Waals surface area contributed by atoms with Gasteiger partial charge in [-0.1, -0.05) is 47.7 Å². The number of carbonyl (C=O) groups excluding carboxylic acids is 1. The summed E-state index contributed by atoms with van der Waals surface area (Å²) in [7, 11) is 0. The number of ether oxygens (including phenoxy) is 4. The van der Waals surface area contributed by atoms with Gasteiger partial charge in [0.2, 0.25) is 0 Å². The van der Waals surface area contributed by atoms with E-state index in [9.17, 15) is 9.59 Å². The molecular weight excluding hydrogens is 739 g/mol. The molecule has 0 aliphatic carbocycles. The Labute approximate surface area is 298 Å². The number of thiazole rings is 1. The fraction of sp³-hybridized carbons (Fsp3) is 0.289. The lowest BCUT2D eigenvalue weighted by Gasteiger charge is -2.26. The summed E-state index contributed by atoms with van der Waals surface area (Å²) in [6.07, 6.45) is 4.07. The van der Waals surface area contributed by atoms with E-state index in [0.29, 0.717) is 63.1 Å². The number of allylic oxidation sites excluding steroid dienone is 2. The maximum atomic E-state index is 14.3. The molecule has 0 saturated carbocycles. The van der Waals surface area contributed by atoms with Crippen LogP contribution in [0.25, 0.3) is 6.08 Å². The summed E-state index contributed by atoms with van der Waals surface area (Å²) in [5.74, 6) is 1.29. The zero-order valence-corrected chi connectivity index (χ0v) is 30.7. The highest BCUT2D eigenvalue weighted by Gasteiger charge is 2.35. The van der Waals surface area contributed by atoms with Gasteiger partial charge in [0.25, 0.3) is 5.56 Å². The molecule has 0 bridgehead atoms. The van der Waals surface area contributed by atoms with Crippen LogP contribution in [0.15, 0.2) is 94.4 Å². The summed E-state index contributed by atoms with van der Waals surface area (Å²) < 4.78 is 27.2. The van der Waals surface area contributed by atoms with Gasteiger partial charge in [-0.25, -0.2) is 9.79 Å². The van der Waals surface area contributed by atoms with Crippen LogP contribution in [0, 0.1) is 3.57 Å². The van der Waals surface area contributed by atoms with Crippen molar-refractivity contribution in [2.24, 2.45) is 4.99 Å². The summed E-state index contributed by atoms with van der Waals surface area (Å²) in [6, 6.07) is 18.7. The van der Waals surface area contributed by atoms with E-state index in [1.165, 1.54) is 11.3 Å². The smallest absolute Gasteiger partial charge is 0.338 e. The Morgan fingerprint density at radius 1 is 1.06 bits per heavy atom. The van der Waals surface area contributed by atoms with Gasteiger partial charge in [-0.15, -0.1) is 6.58 Å². The third-order valence-corrected chi connectivity index (χ3v) is 9.21. The van der Waals surface area contributed by atoms with Crippen LogP contribution in [0.1, 0.15) is 62.9 Å². The van der Waals surface area contributed by atoms with Gasteiger partial charge in [0, 0.05) is 14.7 Å². The van der Waals surface area contributed by atoms with Crippen molar-refractivity contribution < 1.29 is 23.7 Å². The molecule has 0 amide bonds. The number of benzene rings is 3. The number of rotatable bonds is 13. The summed E-state index contributed by atoms with van der Waals surface area (Å²) >= 11 is 3.55. The summed E-state index contributed by atoms with van der Waals surface area (Å²) in [5.41, 5.74) is 3.89. The number of fused-ring (bicyclic) bond motifs is 1. The van der Waals surface area contributed by atoms with Crippen molar-refractivity contribution in [1.82, 2.24) is 4.57 Å². The normalized spacial score (nSPS) is 14.4. The molecule has 2 heterocycles. The largest absolute Gasteiger partial charge is 0.491 e. The van der Waals surface area contributed by atoms with Crippen molar-refractivity contribution >= 4 is 46.0 Å². The Hall–Kier alpha value is -4.16. The monoisotopic (exact) mass is 778 g/mol. The molecule has 3 aromatic carbocycles. The second kappa shape index (κ2) is 15.8. The molecule has 0 fully saturated rings. The Balaban J connectivity index is 1.65. The van der Waals surface area contributed by atoms with Gasteiger partial charge < -0.3 is 18.9 Å². The number of para-hydroxylation sites is 1. The van der Waals surface area contributed by atoms with Crippen molar-refractivity contribution in [3.63, 3.8) is 0 Å². The molecule has 250 valence electrons. The van der Waals surface area contributed by atoms with E-state index in [1.807, 2.05) is 93.6 Å². The third-order valence-electron chi connectivity index (χ3n) is 7.51. The predicted molar refractivity (Wildman–Crippen MR) is 198 cm³/mol. The molecule has 5 rings (SSSR count). The molecule has 48 heavy (non-hydrogen) atoms. The molecule has 0 radical (unpaired) electrons. The lowest BCUT2D eigenvalue weighted by Crippen LogP contribution is -2.40. The summed E-state index contributed by atoms with van der Waals surface area (Å²) in [4.78, 5) is 32.9. The van der Waals surface area contributed by atoms with Crippen LogP contribution < -0.4 is 29.1 Å². The van der Waals surface area contributed by atoms with Crippen LogP contribution in [0.5, 0.6) is 17.2 Å². The second-order valence-corrected chi connectivity index (χ2v) is 13.6. The third kappa shape index (κ3) is 7.76. The standard InChI is InChI=1S/C38H39IN2O6S/c1-7-12-27-19-26(20-31(44-8-2)35(27)46-22-25-15-17-28(39)18-16-25)21-32-36(42)41-34(29-13-10-11-14-30(29)47-23(4)5)33(37(43)45-9-3)24(6)40-38(41)48-32/h7,10-11,13-21,23,34H,1,8-9,12,22H2,2-6H3/b32-21+/t34-/m0/s1. The van der Waals surface area contributed by atoms with Gasteiger partial charge in [-0.2, -0.15) is 0 Å². The number of halogens is 1. The number of hydrogen-bond acceptors (Lipinski definition) is 8. The minimum atomic E-state index is -0.787. The van der Waals surface area contributed by atoms with Crippen LogP contribution in [-0.4, -0.2) is 29.9 Å². The molecule has 1 aliphatic heterocycles. The molecule has 0 spiro atoms. The minimum Gasteiger partial charge on any atom is -0.491 e. The van der Waals surface area contributed by atoms with E-state index in [0.717, 1.165) is 20.3 Å². The van der Waals surface area contributed by atoms with E-state index >= 15 is 0 Å². The topological polar surface area (TPSA) is 88.4 Å². The van der Waals surface area contributed by atoms with Crippen molar-refractivity contribution in [2.75, 3.05) is 13.2 Å². The van der Waals surface area contributed by atoms with Crippen LogP contribution >= 0.6 is 33.9 Å². The second-order valence-electron chi connectivity index (χ2n) is 11.4. The van der Waals surface area contributed by atoms with Crippen LogP contribution in [0.2, 0.25) is 0 Å². The summed E-state index contributed by atoms with van der Waals surface area (Å²) in [5, 5.41) is 0. The van der Waals surface area contributed by atoms with Crippen molar-refractivity contribution in [3.05, 3.63) is 130 Å². The number of esters is 1. The SMILES string of the molecule is C=CCc1cc(/C=c2/sc3n(c2=O)[C@@H](c2ccccc2OC(C)C)C(C(=O)OCC)=C(C)N=3)cc(OCC)c1OCc1ccc(I)cc1. The lowest BCUT2D eigenvalue weighted by atomic mass is 9.95. The van der Waals surface area contributed by atoms with Crippen LogP contribution in [0.3, 0.4) is 0 Å². The Morgan fingerprint density at radius 2 is 1.81 bits per heavy atom. The zero-order valence-electron chi connectivity index (χ0n) is 27.7. The minimum absolute atomic E-state index is 0.120. The molecule has 1 atom stereocenters. The van der Waals surface area contributed by atoms with Gasteiger partial charge >= 0.3 is 5.97 Å². The molecule has 4 aromatic rings. The molecular formula is C38H39IN2O6S. The first-order chi connectivity index (χ1) is 23.1. The highest BCUT2D eigenvalue weighted by atomic mass is 127. The maximum Gasteiger partial charge on any atom is 0.338 e. The van der Waals surface area contributed by atoms with Gasteiger partial charge in [0.15, 0.2) is 16.3 Å².